The van der Waals surface area contributed by atoms with Crippen molar-refractivity contribution in [2.75, 3.05) is 0 Å². The van der Waals surface area contributed by atoms with E-state index < -0.39 is 0 Å². The third-order valence-electron chi connectivity index (χ3n) is 3.04. The Balaban J connectivity index is 0.000001000. The molecule has 1 heteroatoms. The molecular weight excluding hydrogens is 175 g/mol. The van der Waals surface area contributed by atoms with Gasteiger partial charge in [-0.3, -0.25) is 0 Å². The predicted molar refractivity (Wildman–Crippen MR) is 45.9 cm³/mol. The second-order valence-corrected chi connectivity index (χ2v) is 3.34. The molecule has 0 nitrogen and oxygen atoms in total. The summed E-state index contributed by atoms with van der Waals surface area (Å²) in [5, 5.41) is 0. The van der Waals surface area contributed by atoms with Crippen LogP contribution in [0, 0.1) is 5.92 Å². The van der Waals surface area contributed by atoms with E-state index in [-0.39, 0.29) is 17.1 Å². The molecule has 1 rings (SSSR count). The van der Waals surface area contributed by atoms with Crippen LogP contribution >= 0.6 is 0 Å². The van der Waals surface area contributed by atoms with Crippen LogP contribution in [0.4, 0.5) is 0 Å². The largest absolute Gasteiger partial charge is 0.0632 e. The van der Waals surface area contributed by atoms with E-state index in [2.05, 4.69) is 34.6 Å². The van der Waals surface area contributed by atoms with Gasteiger partial charge >= 0.3 is 0 Å². The Morgan fingerprint density at radius 1 is 0.818 bits per heavy atom. The van der Waals surface area contributed by atoms with Crippen LogP contribution in [-0.4, -0.2) is 0 Å². The van der Waals surface area contributed by atoms with Crippen LogP contribution < -0.4 is 0 Å². The van der Waals surface area contributed by atoms with E-state index in [1.807, 2.05) is 0 Å². The quantitative estimate of drug-likeness (QED) is 0.515. The van der Waals surface area contributed by atoms with Gasteiger partial charge in [0.1, 0.15) is 0 Å². The van der Waals surface area contributed by atoms with Gasteiger partial charge in [0, 0.05) is 17.1 Å². The van der Waals surface area contributed by atoms with Gasteiger partial charge in [0.05, 0.1) is 0 Å². The fourth-order valence-corrected chi connectivity index (χ4v) is 1.57. The third kappa shape index (κ3) is 1.60. The molecule has 11 heavy (non-hydrogen) atoms. The summed E-state index contributed by atoms with van der Waals surface area (Å²) in [7, 11) is 0. The minimum Gasteiger partial charge on any atom is -0.0632 e. The van der Waals surface area contributed by atoms with Crippen LogP contribution in [0.15, 0.2) is 22.3 Å². The summed E-state index contributed by atoms with van der Waals surface area (Å²) in [6.45, 7) is 11.2. The molecule has 0 N–H and O–H groups in total. The van der Waals surface area contributed by atoms with Crippen LogP contribution in [0.25, 0.3) is 0 Å². The van der Waals surface area contributed by atoms with Crippen LogP contribution in [0.3, 0.4) is 0 Å². The fourth-order valence-electron chi connectivity index (χ4n) is 1.57. The first-order valence-electron chi connectivity index (χ1n) is 3.90. The van der Waals surface area contributed by atoms with E-state index in [1.165, 1.54) is 11.1 Å². The number of hydrogen-bond acceptors (Lipinski definition) is 0. The number of hydrogen-bond donors (Lipinski definition) is 0. The molecule has 0 bridgehead atoms. The first-order valence-corrected chi connectivity index (χ1v) is 3.90. The molecule has 0 aromatic rings. The minimum atomic E-state index is 0. The van der Waals surface area contributed by atoms with Crippen molar-refractivity contribution in [3.05, 3.63) is 22.3 Å². The maximum Gasteiger partial charge on any atom is 0 e. The molecule has 0 amide bonds. The Hall–Kier alpha value is -0.000519. The Kier molecular flexibility index (Phi) is 3.60. The standard InChI is InChI=1S/C10H16.Mn/c1-6-7(2)9(4)10(5)8(6)3;/h6H,1-5H3;. The van der Waals surface area contributed by atoms with Gasteiger partial charge in [-0.05, 0) is 44.8 Å². The van der Waals surface area contributed by atoms with Crippen molar-refractivity contribution in [1.29, 1.82) is 0 Å². The van der Waals surface area contributed by atoms with Crippen LogP contribution in [0.1, 0.15) is 34.6 Å². The topological polar surface area (TPSA) is 0 Å². The van der Waals surface area contributed by atoms with Gasteiger partial charge in [0.15, 0.2) is 0 Å². The van der Waals surface area contributed by atoms with Gasteiger partial charge in [0.2, 0.25) is 0 Å². The van der Waals surface area contributed by atoms with Crippen molar-refractivity contribution in [2.24, 2.45) is 5.92 Å². The molecule has 0 aliphatic heterocycles. The minimum absolute atomic E-state index is 0. The molecule has 0 aromatic heterocycles. The zero-order valence-electron chi connectivity index (χ0n) is 7.96. The van der Waals surface area contributed by atoms with Gasteiger partial charge in [-0.25, -0.2) is 0 Å². The number of allylic oxidation sites excluding steroid dienone is 4. The molecule has 0 heterocycles. The molecule has 0 aromatic carbocycles. The normalized spacial score (nSPS) is 19.4. The van der Waals surface area contributed by atoms with E-state index >= 15 is 0 Å². The molecule has 0 fully saturated rings. The Morgan fingerprint density at radius 2 is 1.09 bits per heavy atom. The predicted octanol–water partition coefficient (Wildman–Crippen LogP) is 3.31. The molecule has 63 valence electrons. The second-order valence-electron chi connectivity index (χ2n) is 3.34. The molecule has 1 aliphatic carbocycles. The molecule has 0 spiro atoms. The van der Waals surface area contributed by atoms with Crippen molar-refractivity contribution in [1.82, 2.24) is 0 Å². The van der Waals surface area contributed by atoms with Gasteiger partial charge in [0.25, 0.3) is 0 Å². The molecular formula is C10H16Mn. The number of rotatable bonds is 0. The van der Waals surface area contributed by atoms with Crippen LogP contribution in [0.2, 0.25) is 0 Å². The van der Waals surface area contributed by atoms with Crippen molar-refractivity contribution < 1.29 is 17.1 Å². The maximum absolute atomic E-state index is 2.28. The average Bonchev–Trinajstić information content (AvgIpc) is 2.07. The van der Waals surface area contributed by atoms with Gasteiger partial charge in [-0.15, -0.1) is 0 Å². The van der Waals surface area contributed by atoms with Gasteiger partial charge in [-0.1, -0.05) is 18.1 Å². The van der Waals surface area contributed by atoms with Crippen LogP contribution in [0.5, 0.6) is 0 Å². The van der Waals surface area contributed by atoms with Crippen molar-refractivity contribution in [3.8, 4) is 0 Å². The average molecular weight is 191 g/mol. The molecule has 1 radical (unpaired) electrons. The van der Waals surface area contributed by atoms with Crippen molar-refractivity contribution in [2.45, 2.75) is 34.6 Å². The third-order valence-corrected chi connectivity index (χ3v) is 3.04. The summed E-state index contributed by atoms with van der Waals surface area (Å²) in [4.78, 5) is 0. The Bertz CT molecular complexity index is 197. The summed E-state index contributed by atoms with van der Waals surface area (Å²) in [5.41, 5.74) is 6.11. The summed E-state index contributed by atoms with van der Waals surface area (Å²) < 4.78 is 0. The molecule has 0 atom stereocenters. The molecule has 0 saturated heterocycles. The van der Waals surface area contributed by atoms with Crippen LogP contribution in [-0.2, 0) is 17.1 Å². The van der Waals surface area contributed by atoms with E-state index in [0.29, 0.717) is 5.92 Å². The van der Waals surface area contributed by atoms with E-state index in [4.69, 9.17) is 0 Å². The molecule has 0 saturated carbocycles. The van der Waals surface area contributed by atoms with Gasteiger partial charge < -0.3 is 0 Å². The van der Waals surface area contributed by atoms with E-state index in [1.54, 1.807) is 11.1 Å². The Morgan fingerprint density at radius 3 is 1.18 bits per heavy atom. The fraction of sp³-hybridized carbons (Fsp3) is 0.600. The zero-order chi connectivity index (χ0) is 7.89. The SMILES string of the molecule is CC1=C(C)C(C)C(C)=C1C.[Mn]. The first kappa shape index (κ1) is 11.0. The Labute approximate surface area is 80.2 Å². The monoisotopic (exact) mass is 191 g/mol. The second kappa shape index (κ2) is 3.60. The van der Waals surface area contributed by atoms with Crippen molar-refractivity contribution >= 4 is 0 Å². The zero-order valence-corrected chi connectivity index (χ0v) is 9.14. The smallest absolute Gasteiger partial charge is 0 e. The van der Waals surface area contributed by atoms with E-state index in [9.17, 15) is 0 Å². The maximum atomic E-state index is 2.28. The summed E-state index contributed by atoms with van der Waals surface area (Å²) in [5.74, 6) is 0.694. The summed E-state index contributed by atoms with van der Waals surface area (Å²) in [6.07, 6.45) is 0. The summed E-state index contributed by atoms with van der Waals surface area (Å²) >= 11 is 0. The molecule has 0 unspecified atom stereocenters. The molecule has 1 aliphatic rings. The summed E-state index contributed by atoms with van der Waals surface area (Å²) in [6, 6.07) is 0. The van der Waals surface area contributed by atoms with Crippen molar-refractivity contribution in [3.63, 3.8) is 0 Å². The van der Waals surface area contributed by atoms with Gasteiger partial charge in [-0.2, -0.15) is 0 Å². The van der Waals surface area contributed by atoms with E-state index in [0.717, 1.165) is 0 Å². The first-order chi connectivity index (χ1) is 4.55.